The first-order valence-corrected chi connectivity index (χ1v) is 11.0. The van der Waals surface area contributed by atoms with Crippen molar-refractivity contribution in [2.24, 2.45) is 13.0 Å². The van der Waals surface area contributed by atoms with Crippen molar-refractivity contribution in [2.75, 3.05) is 0 Å². The second-order valence-electron chi connectivity index (χ2n) is 9.21. The monoisotopic (exact) mass is 412 g/mol. The lowest BCUT2D eigenvalue weighted by molar-refractivity contribution is -0.633. The molecule has 4 rings (SSSR count). The highest BCUT2D eigenvalue weighted by Gasteiger charge is 2.21. The Morgan fingerprint density at radius 3 is 2.23 bits per heavy atom. The zero-order valence-electron chi connectivity index (χ0n) is 19.4. The van der Waals surface area contributed by atoms with Crippen LogP contribution in [-0.2, 0) is 13.5 Å². The van der Waals surface area contributed by atoms with Gasteiger partial charge in [-0.15, -0.1) is 0 Å². The molecule has 0 spiro atoms. The number of halogens is 1. The minimum absolute atomic E-state index is 0.209. The van der Waals surface area contributed by atoms with E-state index in [1.165, 1.54) is 44.4 Å². The molecule has 0 fully saturated rings. The van der Waals surface area contributed by atoms with Gasteiger partial charge in [-0.1, -0.05) is 43.7 Å². The van der Waals surface area contributed by atoms with Crippen molar-refractivity contribution in [3.05, 3.63) is 88.7 Å². The summed E-state index contributed by atoms with van der Waals surface area (Å²) in [5.74, 6) is 0.392. The number of rotatable bonds is 4. The summed E-state index contributed by atoms with van der Waals surface area (Å²) in [6.45, 7) is 11.0. The van der Waals surface area contributed by atoms with E-state index in [1.807, 2.05) is 12.1 Å². The molecule has 1 heterocycles. The van der Waals surface area contributed by atoms with E-state index in [0.29, 0.717) is 5.92 Å². The van der Waals surface area contributed by atoms with Gasteiger partial charge in [-0.3, -0.25) is 0 Å². The summed E-state index contributed by atoms with van der Waals surface area (Å²) in [4.78, 5) is 0. The van der Waals surface area contributed by atoms with Gasteiger partial charge >= 0.3 is 0 Å². The number of aromatic nitrogens is 1. The summed E-state index contributed by atoms with van der Waals surface area (Å²) < 4.78 is 15.9. The topological polar surface area (TPSA) is 3.88 Å². The van der Waals surface area contributed by atoms with Crippen LogP contribution < -0.4 is 4.57 Å². The van der Waals surface area contributed by atoms with Crippen LogP contribution in [0.2, 0.25) is 0 Å². The summed E-state index contributed by atoms with van der Waals surface area (Å²) in [5, 5.41) is 1.19. The van der Waals surface area contributed by atoms with Crippen LogP contribution in [-0.4, -0.2) is 0 Å². The molecule has 0 aliphatic rings. The molecule has 31 heavy (non-hydrogen) atoms. The van der Waals surface area contributed by atoms with Crippen LogP contribution in [0.3, 0.4) is 0 Å². The molecular weight excluding hydrogens is 381 g/mol. The van der Waals surface area contributed by atoms with Crippen LogP contribution in [0.1, 0.15) is 36.1 Å². The van der Waals surface area contributed by atoms with E-state index >= 15 is 0 Å². The fourth-order valence-corrected chi connectivity index (χ4v) is 4.55. The van der Waals surface area contributed by atoms with Crippen molar-refractivity contribution in [3.63, 3.8) is 0 Å². The summed E-state index contributed by atoms with van der Waals surface area (Å²) >= 11 is 0. The molecule has 0 saturated carbocycles. The number of hydrogen-bond acceptors (Lipinski definition) is 0. The van der Waals surface area contributed by atoms with Gasteiger partial charge in [0.2, 0.25) is 11.2 Å². The highest BCUT2D eigenvalue weighted by atomic mass is 19.1. The molecule has 0 amide bonds. The molecule has 158 valence electrons. The van der Waals surface area contributed by atoms with Gasteiger partial charge in [0.25, 0.3) is 0 Å². The zero-order valence-corrected chi connectivity index (χ0v) is 19.4. The summed E-state index contributed by atoms with van der Waals surface area (Å²) in [5.41, 5.74) is 11.0. The van der Waals surface area contributed by atoms with Gasteiger partial charge in [0, 0.05) is 23.3 Å². The molecular formula is C29H31FN+. The van der Waals surface area contributed by atoms with Crippen molar-refractivity contribution in [3.8, 4) is 22.4 Å². The lowest BCUT2D eigenvalue weighted by Gasteiger charge is -2.14. The molecule has 4 aromatic rings. The third kappa shape index (κ3) is 4.12. The quantitative estimate of drug-likeness (QED) is 0.311. The predicted molar refractivity (Wildman–Crippen MR) is 129 cm³/mol. The van der Waals surface area contributed by atoms with Crippen molar-refractivity contribution in [1.82, 2.24) is 0 Å². The molecule has 0 N–H and O–H groups in total. The van der Waals surface area contributed by atoms with Gasteiger partial charge in [0.15, 0.2) is 0 Å². The Hall–Kier alpha value is -3.00. The summed E-state index contributed by atoms with van der Waals surface area (Å²) in [6, 6.07) is 20.4. The smallest absolute Gasteiger partial charge is 0.207 e. The van der Waals surface area contributed by atoms with E-state index in [1.54, 1.807) is 12.1 Å². The molecule has 2 heteroatoms. The lowest BCUT2D eigenvalue weighted by atomic mass is 9.92. The van der Waals surface area contributed by atoms with Gasteiger partial charge in [0.05, 0.1) is 5.39 Å². The second-order valence-corrected chi connectivity index (χ2v) is 9.21. The minimum Gasteiger partial charge on any atom is -0.207 e. The van der Waals surface area contributed by atoms with Gasteiger partial charge in [-0.2, -0.15) is 4.57 Å². The normalized spacial score (nSPS) is 11.5. The first-order valence-electron chi connectivity index (χ1n) is 11.0. The standard InChI is InChI=1S/C29H31FN/c1-18(2)13-22-7-12-25-27(23-8-10-24(30)11-9-23)17-29(31(6)28(25)16-22)26-15-19(3)14-20(4)21(26)5/h7-12,14-18H,13H2,1-6H3/q+1. The second kappa shape index (κ2) is 8.26. The van der Waals surface area contributed by atoms with Crippen molar-refractivity contribution in [1.29, 1.82) is 0 Å². The highest BCUT2D eigenvalue weighted by molar-refractivity contribution is 5.95. The van der Waals surface area contributed by atoms with E-state index in [2.05, 4.69) is 82.6 Å². The lowest BCUT2D eigenvalue weighted by Crippen LogP contribution is -2.32. The molecule has 1 nitrogen and oxygen atoms in total. The van der Waals surface area contributed by atoms with E-state index < -0.39 is 0 Å². The number of benzene rings is 3. The number of hydrogen-bond donors (Lipinski definition) is 0. The zero-order chi connectivity index (χ0) is 22.3. The van der Waals surface area contributed by atoms with E-state index in [0.717, 1.165) is 17.5 Å². The van der Waals surface area contributed by atoms with Crippen molar-refractivity contribution < 1.29 is 8.96 Å². The highest BCUT2D eigenvalue weighted by Crippen LogP contribution is 2.34. The number of nitrogens with zero attached hydrogens (tertiary/aromatic N) is 1. The fraction of sp³-hybridized carbons (Fsp3) is 0.276. The number of aryl methyl sites for hydroxylation is 3. The summed E-state index contributed by atoms with van der Waals surface area (Å²) in [6.07, 6.45) is 1.05. The molecule has 0 unspecified atom stereocenters. The molecule has 0 saturated heterocycles. The third-order valence-electron chi connectivity index (χ3n) is 6.24. The number of fused-ring (bicyclic) bond motifs is 1. The van der Waals surface area contributed by atoms with E-state index in [4.69, 9.17) is 0 Å². The van der Waals surface area contributed by atoms with Gasteiger partial charge in [-0.05, 0) is 79.6 Å². The Morgan fingerprint density at radius 1 is 0.839 bits per heavy atom. The third-order valence-corrected chi connectivity index (χ3v) is 6.24. The van der Waals surface area contributed by atoms with Crippen LogP contribution in [0.25, 0.3) is 33.3 Å². The maximum absolute atomic E-state index is 13.6. The van der Waals surface area contributed by atoms with Crippen LogP contribution in [0, 0.1) is 32.5 Å². The van der Waals surface area contributed by atoms with Gasteiger partial charge in [-0.25, -0.2) is 4.39 Å². The molecule has 0 aliphatic carbocycles. The Bertz CT molecular complexity index is 1270. The maximum Gasteiger partial charge on any atom is 0.213 e. The average molecular weight is 413 g/mol. The van der Waals surface area contributed by atoms with Crippen LogP contribution in [0.5, 0.6) is 0 Å². The van der Waals surface area contributed by atoms with E-state index in [-0.39, 0.29) is 5.82 Å². The maximum atomic E-state index is 13.6. The molecule has 0 atom stereocenters. The van der Waals surface area contributed by atoms with Crippen molar-refractivity contribution >= 4 is 10.9 Å². The molecule has 1 aromatic heterocycles. The summed E-state index contributed by atoms with van der Waals surface area (Å²) in [7, 11) is 2.16. The van der Waals surface area contributed by atoms with Gasteiger partial charge in [0.1, 0.15) is 12.9 Å². The SMILES string of the molecule is Cc1cc(C)c(C)c(-c2cc(-c3ccc(F)cc3)c3ccc(CC(C)C)cc3[n+]2C)c1. The average Bonchev–Trinajstić information content (AvgIpc) is 2.72. The molecule has 3 aromatic carbocycles. The Morgan fingerprint density at radius 2 is 1.55 bits per heavy atom. The van der Waals surface area contributed by atoms with Gasteiger partial charge < -0.3 is 0 Å². The van der Waals surface area contributed by atoms with Crippen LogP contribution >= 0.6 is 0 Å². The Labute approximate surface area is 185 Å². The Balaban J connectivity index is 2.07. The molecule has 0 aliphatic heterocycles. The predicted octanol–water partition coefficient (Wildman–Crippen LogP) is 7.26. The Kier molecular flexibility index (Phi) is 5.66. The van der Waals surface area contributed by atoms with Crippen molar-refractivity contribution in [2.45, 2.75) is 41.0 Å². The van der Waals surface area contributed by atoms with Crippen LogP contribution in [0.15, 0.2) is 60.7 Å². The minimum atomic E-state index is -0.209. The largest absolute Gasteiger partial charge is 0.213 e. The molecule has 0 bridgehead atoms. The van der Waals surface area contributed by atoms with Crippen LogP contribution in [0.4, 0.5) is 4.39 Å². The fourth-order valence-electron chi connectivity index (χ4n) is 4.55. The van der Waals surface area contributed by atoms with E-state index in [9.17, 15) is 4.39 Å². The first-order chi connectivity index (χ1) is 14.7. The number of pyridine rings is 1. The first kappa shape index (κ1) is 21.2. The molecule has 0 radical (unpaired) electrons.